The van der Waals surface area contributed by atoms with Crippen LogP contribution >= 0.6 is 0 Å². The second-order valence-electron chi connectivity index (χ2n) is 8.27. The van der Waals surface area contributed by atoms with Gasteiger partial charge in [0.1, 0.15) is 12.4 Å². The topological polar surface area (TPSA) is 67.2 Å². The molecule has 0 atom stereocenters. The molecule has 152 valence electrons. The highest BCUT2D eigenvalue weighted by Gasteiger charge is 2.22. The molecule has 0 unspecified atom stereocenters. The van der Waals surface area contributed by atoms with Crippen molar-refractivity contribution >= 4 is 22.8 Å². The Hall–Kier alpha value is -3.15. The summed E-state index contributed by atoms with van der Waals surface area (Å²) in [6, 6.07) is 17.6. The van der Waals surface area contributed by atoms with E-state index in [0.717, 1.165) is 16.6 Å². The van der Waals surface area contributed by atoms with Gasteiger partial charge in [0.05, 0.1) is 17.6 Å². The number of aromatic nitrogens is 2. The van der Waals surface area contributed by atoms with Gasteiger partial charge < -0.3 is 14.8 Å². The van der Waals surface area contributed by atoms with Crippen LogP contribution in [0.4, 0.5) is 0 Å². The summed E-state index contributed by atoms with van der Waals surface area (Å²) in [6.45, 7) is 6.60. The Kier molecular flexibility index (Phi) is 6.01. The fourth-order valence-electron chi connectivity index (χ4n) is 3.06. The number of carbonyl (C=O) groups is 2. The highest BCUT2D eigenvalue weighted by molar-refractivity contribution is 5.82. The number of imidazole rings is 1. The molecule has 6 nitrogen and oxygen atoms in total. The van der Waals surface area contributed by atoms with Crippen LogP contribution < -0.4 is 5.32 Å². The van der Waals surface area contributed by atoms with Crippen LogP contribution in [0.5, 0.6) is 0 Å². The number of amides is 2. The second-order valence-corrected chi connectivity index (χ2v) is 8.27. The van der Waals surface area contributed by atoms with Crippen LogP contribution in [-0.2, 0) is 29.2 Å². The lowest BCUT2D eigenvalue weighted by atomic mass is 9.96. The zero-order valence-corrected chi connectivity index (χ0v) is 17.5. The van der Waals surface area contributed by atoms with Crippen LogP contribution in [0.2, 0.25) is 0 Å². The van der Waals surface area contributed by atoms with Crippen molar-refractivity contribution < 1.29 is 9.59 Å². The summed E-state index contributed by atoms with van der Waals surface area (Å²) >= 11 is 0. The Morgan fingerprint density at radius 3 is 2.38 bits per heavy atom. The number of hydrogen-bond donors (Lipinski definition) is 1. The Morgan fingerprint density at radius 1 is 1.03 bits per heavy atom. The molecule has 29 heavy (non-hydrogen) atoms. The number of nitrogens with one attached hydrogen (secondary N) is 1. The number of fused-ring (bicyclic) bond motifs is 1. The van der Waals surface area contributed by atoms with E-state index in [1.165, 1.54) is 0 Å². The van der Waals surface area contributed by atoms with Gasteiger partial charge in [-0.1, -0.05) is 63.2 Å². The average molecular weight is 393 g/mol. The van der Waals surface area contributed by atoms with E-state index in [4.69, 9.17) is 0 Å². The molecule has 0 aliphatic rings. The van der Waals surface area contributed by atoms with E-state index in [2.05, 4.69) is 10.3 Å². The molecule has 0 aliphatic carbocycles. The van der Waals surface area contributed by atoms with E-state index in [1.807, 2.05) is 79.9 Å². The molecule has 0 fully saturated rings. The largest absolute Gasteiger partial charge is 0.348 e. The minimum absolute atomic E-state index is 0.0135. The maximum Gasteiger partial charge on any atom is 0.242 e. The van der Waals surface area contributed by atoms with E-state index in [1.54, 1.807) is 11.9 Å². The van der Waals surface area contributed by atoms with Crippen LogP contribution in [0, 0.1) is 5.41 Å². The molecule has 1 aromatic heterocycles. The number of carbonyl (C=O) groups excluding carboxylic acids is 2. The Labute approximate surface area is 171 Å². The van der Waals surface area contributed by atoms with Crippen LogP contribution in [0.25, 0.3) is 11.0 Å². The standard InChI is InChI=1S/C23H28N4O2/c1-23(2,3)22(29)24-14-20-25-18-12-8-9-13-19(18)27(20)16-21(28)26(4)15-17-10-6-5-7-11-17/h5-13H,14-16H2,1-4H3,(H,24,29). The fourth-order valence-corrected chi connectivity index (χ4v) is 3.06. The molecule has 3 rings (SSSR count). The van der Waals surface area contributed by atoms with E-state index < -0.39 is 5.41 Å². The predicted octanol–water partition coefficient (Wildman–Crippen LogP) is 3.36. The van der Waals surface area contributed by atoms with Crippen LogP contribution in [-0.4, -0.2) is 33.3 Å². The first-order valence-electron chi connectivity index (χ1n) is 9.76. The third-order valence-corrected chi connectivity index (χ3v) is 4.80. The smallest absolute Gasteiger partial charge is 0.242 e. The number of rotatable bonds is 6. The van der Waals surface area contributed by atoms with Crippen LogP contribution in [0.3, 0.4) is 0 Å². The number of para-hydroxylation sites is 2. The molecule has 0 radical (unpaired) electrons. The van der Waals surface area contributed by atoms with Gasteiger partial charge in [-0.3, -0.25) is 9.59 Å². The van der Waals surface area contributed by atoms with Crippen molar-refractivity contribution in [3.05, 3.63) is 66.0 Å². The van der Waals surface area contributed by atoms with Gasteiger partial charge in [0.15, 0.2) is 0 Å². The molecule has 0 spiro atoms. The molecule has 2 amide bonds. The van der Waals surface area contributed by atoms with Crippen molar-refractivity contribution in [1.29, 1.82) is 0 Å². The first kappa shape index (κ1) is 20.6. The quantitative estimate of drug-likeness (QED) is 0.699. The molecule has 0 aliphatic heterocycles. The summed E-state index contributed by atoms with van der Waals surface area (Å²) in [7, 11) is 1.80. The summed E-state index contributed by atoms with van der Waals surface area (Å²) in [5.74, 6) is 0.606. The zero-order valence-electron chi connectivity index (χ0n) is 17.5. The van der Waals surface area contributed by atoms with E-state index in [9.17, 15) is 9.59 Å². The van der Waals surface area contributed by atoms with Crippen LogP contribution in [0.15, 0.2) is 54.6 Å². The highest BCUT2D eigenvalue weighted by atomic mass is 16.2. The highest BCUT2D eigenvalue weighted by Crippen LogP contribution is 2.18. The molecule has 1 N–H and O–H groups in total. The van der Waals surface area contributed by atoms with Crippen molar-refractivity contribution in [2.24, 2.45) is 5.41 Å². The van der Waals surface area contributed by atoms with Gasteiger partial charge in [0, 0.05) is 19.0 Å². The normalized spacial score (nSPS) is 11.4. The average Bonchev–Trinajstić information content (AvgIpc) is 3.03. The maximum atomic E-state index is 12.9. The van der Waals surface area contributed by atoms with Gasteiger partial charge in [-0.2, -0.15) is 0 Å². The lowest BCUT2D eigenvalue weighted by Crippen LogP contribution is -2.35. The molecule has 6 heteroatoms. The third kappa shape index (κ3) is 5.02. The first-order chi connectivity index (χ1) is 13.8. The molecule has 0 saturated heterocycles. The third-order valence-electron chi connectivity index (χ3n) is 4.80. The van der Waals surface area contributed by atoms with Gasteiger partial charge >= 0.3 is 0 Å². The molecule has 0 bridgehead atoms. The fraction of sp³-hybridized carbons (Fsp3) is 0.348. The summed E-state index contributed by atoms with van der Waals surface area (Å²) in [4.78, 5) is 31.5. The number of nitrogens with zero attached hydrogens (tertiary/aromatic N) is 3. The molecule has 0 saturated carbocycles. The van der Waals surface area contributed by atoms with Gasteiger partial charge in [-0.15, -0.1) is 0 Å². The van der Waals surface area contributed by atoms with Crippen molar-refractivity contribution in [2.75, 3.05) is 7.05 Å². The van der Waals surface area contributed by atoms with Crippen molar-refractivity contribution in [3.63, 3.8) is 0 Å². The van der Waals surface area contributed by atoms with Crippen molar-refractivity contribution in [1.82, 2.24) is 19.8 Å². The summed E-state index contributed by atoms with van der Waals surface area (Å²) in [5, 5.41) is 2.94. The monoisotopic (exact) mass is 392 g/mol. The van der Waals surface area contributed by atoms with Gasteiger partial charge in [-0.25, -0.2) is 4.98 Å². The predicted molar refractivity (Wildman–Crippen MR) is 114 cm³/mol. The number of likely N-dealkylation sites (N-methyl/N-ethyl adjacent to an activating group) is 1. The summed E-state index contributed by atoms with van der Waals surface area (Å²) < 4.78 is 1.89. The van der Waals surface area contributed by atoms with E-state index in [-0.39, 0.29) is 24.9 Å². The van der Waals surface area contributed by atoms with Crippen molar-refractivity contribution in [3.8, 4) is 0 Å². The minimum Gasteiger partial charge on any atom is -0.348 e. The van der Waals surface area contributed by atoms with Gasteiger partial charge in [-0.05, 0) is 17.7 Å². The maximum absolute atomic E-state index is 12.9. The lowest BCUT2D eigenvalue weighted by molar-refractivity contribution is -0.131. The lowest BCUT2D eigenvalue weighted by Gasteiger charge is -2.20. The molecule has 3 aromatic rings. The molecule has 2 aromatic carbocycles. The Morgan fingerprint density at radius 2 is 1.69 bits per heavy atom. The van der Waals surface area contributed by atoms with Gasteiger partial charge in [0.2, 0.25) is 11.8 Å². The summed E-state index contributed by atoms with van der Waals surface area (Å²) in [6.07, 6.45) is 0. The Balaban J connectivity index is 1.79. The first-order valence-corrected chi connectivity index (χ1v) is 9.76. The summed E-state index contributed by atoms with van der Waals surface area (Å²) in [5.41, 5.74) is 2.29. The van der Waals surface area contributed by atoms with Gasteiger partial charge in [0.25, 0.3) is 0 Å². The van der Waals surface area contributed by atoms with E-state index in [0.29, 0.717) is 12.4 Å². The Bertz CT molecular complexity index is 1000. The SMILES string of the molecule is CN(Cc1ccccc1)C(=O)Cn1c(CNC(=O)C(C)(C)C)nc2ccccc21. The molecule has 1 heterocycles. The molecular weight excluding hydrogens is 364 g/mol. The molecular formula is C23H28N4O2. The zero-order chi connectivity index (χ0) is 21.0. The minimum atomic E-state index is -0.484. The van der Waals surface area contributed by atoms with E-state index >= 15 is 0 Å². The van der Waals surface area contributed by atoms with Crippen LogP contribution in [0.1, 0.15) is 32.2 Å². The number of benzene rings is 2. The number of hydrogen-bond acceptors (Lipinski definition) is 3. The second kappa shape index (κ2) is 8.47. The van der Waals surface area contributed by atoms with Crippen molar-refractivity contribution in [2.45, 2.75) is 40.4 Å².